The van der Waals surface area contributed by atoms with Crippen molar-refractivity contribution in [3.8, 4) is 22.9 Å². The molecule has 0 radical (unpaired) electrons. The summed E-state index contributed by atoms with van der Waals surface area (Å²) < 4.78 is 6.38. The third-order valence-corrected chi connectivity index (χ3v) is 6.16. The molecule has 2 aromatic carbocycles. The third-order valence-electron chi connectivity index (χ3n) is 6.16. The quantitative estimate of drug-likeness (QED) is 0.657. The van der Waals surface area contributed by atoms with Gasteiger partial charge in [-0.25, -0.2) is 4.98 Å². The van der Waals surface area contributed by atoms with E-state index in [1.54, 1.807) is 12.1 Å². The Labute approximate surface area is 183 Å². The standard InChI is InChI=1S/C25H30N4O2/c1-15-19(13-26)21-23(31-24(27-21)25(2,3)4)22(29-11-10-17(14-29)28(5)6)20(15)16-8-7-9-18(30)12-16/h7-9,12,17,30H,10-11,14H2,1-6H3. The van der Waals surface area contributed by atoms with Crippen LogP contribution in [0.15, 0.2) is 28.7 Å². The monoisotopic (exact) mass is 418 g/mol. The molecule has 4 rings (SSSR count). The Bertz CT molecular complexity index is 1180. The number of aromatic hydroxyl groups is 1. The molecule has 6 nitrogen and oxygen atoms in total. The molecule has 1 unspecified atom stereocenters. The molecule has 1 atom stereocenters. The second-order valence-electron chi connectivity index (χ2n) is 9.68. The number of hydrogen-bond acceptors (Lipinski definition) is 6. The van der Waals surface area contributed by atoms with E-state index in [2.05, 4.69) is 50.7 Å². The summed E-state index contributed by atoms with van der Waals surface area (Å²) in [4.78, 5) is 9.38. The maximum atomic E-state index is 10.2. The summed E-state index contributed by atoms with van der Waals surface area (Å²) in [5.74, 6) is 0.818. The molecule has 1 N–H and O–H groups in total. The predicted molar refractivity (Wildman–Crippen MR) is 124 cm³/mol. The molecule has 3 aromatic rings. The number of nitrogens with zero attached hydrogens (tertiary/aromatic N) is 4. The first kappa shape index (κ1) is 21.2. The van der Waals surface area contributed by atoms with Gasteiger partial charge < -0.3 is 19.3 Å². The topological polar surface area (TPSA) is 76.5 Å². The van der Waals surface area contributed by atoms with Crippen molar-refractivity contribution in [2.75, 3.05) is 32.1 Å². The molecule has 0 amide bonds. The Hall–Kier alpha value is -3.04. The predicted octanol–water partition coefficient (Wildman–Crippen LogP) is 4.82. The maximum Gasteiger partial charge on any atom is 0.201 e. The van der Waals surface area contributed by atoms with Gasteiger partial charge in [-0.15, -0.1) is 0 Å². The van der Waals surface area contributed by atoms with E-state index in [4.69, 9.17) is 9.40 Å². The van der Waals surface area contributed by atoms with Crippen LogP contribution in [-0.2, 0) is 5.41 Å². The normalized spacial score (nSPS) is 17.0. The summed E-state index contributed by atoms with van der Waals surface area (Å²) in [6.45, 7) is 9.90. The van der Waals surface area contributed by atoms with Crippen molar-refractivity contribution in [1.29, 1.82) is 5.26 Å². The number of benzene rings is 2. The van der Waals surface area contributed by atoms with Gasteiger partial charge in [0.25, 0.3) is 0 Å². The van der Waals surface area contributed by atoms with Crippen LogP contribution in [0.1, 0.15) is 44.2 Å². The van der Waals surface area contributed by atoms with E-state index in [1.807, 2.05) is 19.1 Å². The molecule has 1 aromatic heterocycles. The van der Waals surface area contributed by atoms with E-state index in [-0.39, 0.29) is 11.2 Å². The molecular formula is C25H30N4O2. The largest absolute Gasteiger partial charge is 0.508 e. The van der Waals surface area contributed by atoms with E-state index in [1.165, 1.54) is 0 Å². The van der Waals surface area contributed by atoms with Crippen LogP contribution in [0.25, 0.3) is 22.2 Å². The van der Waals surface area contributed by atoms with Crippen LogP contribution in [0.2, 0.25) is 0 Å². The number of likely N-dealkylation sites (N-methyl/N-ethyl adjacent to an activating group) is 1. The van der Waals surface area contributed by atoms with Gasteiger partial charge in [-0.05, 0) is 50.7 Å². The molecule has 0 aliphatic carbocycles. The van der Waals surface area contributed by atoms with Crippen LogP contribution in [0.5, 0.6) is 5.75 Å². The summed E-state index contributed by atoms with van der Waals surface area (Å²) in [5, 5.41) is 20.2. The van der Waals surface area contributed by atoms with Crippen LogP contribution < -0.4 is 4.90 Å². The molecule has 0 spiro atoms. The summed E-state index contributed by atoms with van der Waals surface area (Å²) >= 11 is 0. The first-order chi connectivity index (χ1) is 14.6. The zero-order valence-corrected chi connectivity index (χ0v) is 19.2. The van der Waals surface area contributed by atoms with Crippen molar-refractivity contribution < 1.29 is 9.52 Å². The van der Waals surface area contributed by atoms with Crippen LogP contribution in [0.4, 0.5) is 5.69 Å². The lowest BCUT2D eigenvalue weighted by atomic mass is 9.93. The number of nitriles is 1. The van der Waals surface area contributed by atoms with Crippen molar-refractivity contribution in [3.63, 3.8) is 0 Å². The first-order valence-electron chi connectivity index (χ1n) is 10.7. The number of oxazole rings is 1. The number of fused-ring (bicyclic) bond motifs is 1. The van der Waals surface area contributed by atoms with Crippen molar-refractivity contribution >= 4 is 16.8 Å². The van der Waals surface area contributed by atoms with Gasteiger partial charge in [-0.3, -0.25) is 0 Å². The molecular weight excluding hydrogens is 388 g/mol. The van der Waals surface area contributed by atoms with Gasteiger partial charge in [0, 0.05) is 30.1 Å². The summed E-state index contributed by atoms with van der Waals surface area (Å²) in [6.07, 6.45) is 1.05. The van der Waals surface area contributed by atoms with E-state index in [0.717, 1.165) is 41.9 Å². The molecule has 1 saturated heterocycles. The van der Waals surface area contributed by atoms with Gasteiger partial charge in [0.2, 0.25) is 5.89 Å². The Morgan fingerprint density at radius 3 is 2.61 bits per heavy atom. The minimum Gasteiger partial charge on any atom is -0.508 e. The van der Waals surface area contributed by atoms with Crippen LogP contribution in [-0.4, -0.2) is 48.2 Å². The summed E-state index contributed by atoms with van der Waals surface area (Å²) in [7, 11) is 4.21. The molecule has 1 aliphatic heterocycles. The van der Waals surface area contributed by atoms with E-state index in [0.29, 0.717) is 28.6 Å². The lowest BCUT2D eigenvalue weighted by molar-refractivity contribution is 0.315. The zero-order chi connectivity index (χ0) is 22.5. The Balaban J connectivity index is 2.07. The SMILES string of the molecule is Cc1c(-c2cccc(O)c2)c(N2CCC(N(C)C)C2)c2oc(C(C)(C)C)nc2c1C#N. The van der Waals surface area contributed by atoms with Crippen molar-refractivity contribution in [2.45, 2.75) is 45.6 Å². The molecule has 162 valence electrons. The van der Waals surface area contributed by atoms with E-state index >= 15 is 0 Å². The second-order valence-corrected chi connectivity index (χ2v) is 9.68. The second kappa shape index (κ2) is 7.58. The van der Waals surface area contributed by atoms with Crippen molar-refractivity contribution in [3.05, 3.63) is 41.3 Å². The first-order valence-corrected chi connectivity index (χ1v) is 10.7. The Kier molecular flexibility index (Phi) is 5.18. The minimum absolute atomic E-state index is 0.196. The summed E-state index contributed by atoms with van der Waals surface area (Å²) in [5.41, 5.74) is 5.15. The number of aromatic nitrogens is 1. The highest BCUT2D eigenvalue weighted by Gasteiger charge is 2.33. The highest BCUT2D eigenvalue weighted by atomic mass is 16.4. The lowest BCUT2D eigenvalue weighted by Gasteiger charge is -2.25. The molecule has 2 heterocycles. The fourth-order valence-electron chi connectivity index (χ4n) is 4.38. The van der Waals surface area contributed by atoms with Gasteiger partial charge in [0.15, 0.2) is 5.58 Å². The van der Waals surface area contributed by atoms with Crippen LogP contribution in [0, 0.1) is 18.3 Å². The smallest absolute Gasteiger partial charge is 0.201 e. The highest BCUT2D eigenvalue weighted by Crippen LogP contribution is 2.45. The number of phenols is 1. The molecule has 0 bridgehead atoms. The lowest BCUT2D eigenvalue weighted by Crippen LogP contribution is -2.31. The van der Waals surface area contributed by atoms with Gasteiger partial charge >= 0.3 is 0 Å². The van der Waals surface area contributed by atoms with E-state index < -0.39 is 0 Å². The number of hydrogen-bond donors (Lipinski definition) is 1. The van der Waals surface area contributed by atoms with Gasteiger partial charge in [0.1, 0.15) is 17.3 Å². The van der Waals surface area contributed by atoms with Crippen molar-refractivity contribution in [1.82, 2.24) is 9.88 Å². The molecule has 1 aliphatic rings. The fourth-order valence-corrected chi connectivity index (χ4v) is 4.38. The average molecular weight is 419 g/mol. The average Bonchev–Trinajstić information content (AvgIpc) is 3.34. The fraction of sp³-hybridized carbons (Fsp3) is 0.440. The Morgan fingerprint density at radius 1 is 1.29 bits per heavy atom. The summed E-state index contributed by atoms with van der Waals surface area (Å²) in [6, 6.07) is 10.0. The van der Waals surface area contributed by atoms with Crippen LogP contribution in [0.3, 0.4) is 0 Å². The maximum absolute atomic E-state index is 10.2. The number of rotatable bonds is 3. The van der Waals surface area contributed by atoms with E-state index in [9.17, 15) is 10.4 Å². The number of anilines is 1. The molecule has 0 saturated carbocycles. The Morgan fingerprint density at radius 2 is 2.03 bits per heavy atom. The molecule has 31 heavy (non-hydrogen) atoms. The van der Waals surface area contributed by atoms with Gasteiger partial charge in [-0.1, -0.05) is 32.9 Å². The third kappa shape index (κ3) is 3.64. The molecule has 6 heteroatoms. The minimum atomic E-state index is -0.278. The highest BCUT2D eigenvalue weighted by molar-refractivity contribution is 6.02. The van der Waals surface area contributed by atoms with Crippen LogP contribution >= 0.6 is 0 Å². The molecule has 1 fully saturated rings. The van der Waals surface area contributed by atoms with Gasteiger partial charge in [-0.2, -0.15) is 5.26 Å². The van der Waals surface area contributed by atoms with Gasteiger partial charge in [0.05, 0.1) is 11.3 Å². The van der Waals surface area contributed by atoms with Crippen molar-refractivity contribution in [2.24, 2.45) is 0 Å². The zero-order valence-electron chi connectivity index (χ0n) is 19.2. The number of phenolic OH excluding ortho intramolecular Hbond substituents is 1.